The second-order valence-corrected chi connectivity index (χ2v) is 5.74. The van der Waals surface area contributed by atoms with E-state index in [4.69, 9.17) is 5.73 Å². The van der Waals surface area contributed by atoms with Crippen molar-refractivity contribution in [3.63, 3.8) is 0 Å². The van der Waals surface area contributed by atoms with Gasteiger partial charge in [0, 0.05) is 6.04 Å². The van der Waals surface area contributed by atoms with E-state index in [9.17, 15) is 0 Å². The fourth-order valence-electron chi connectivity index (χ4n) is 2.96. The Morgan fingerprint density at radius 1 is 1.36 bits per heavy atom. The molecule has 1 saturated carbocycles. The highest BCUT2D eigenvalue weighted by atomic mass is 15.1. The van der Waals surface area contributed by atoms with Crippen LogP contribution in [0.2, 0.25) is 0 Å². The first-order valence-electron chi connectivity index (χ1n) is 5.86. The van der Waals surface area contributed by atoms with E-state index < -0.39 is 0 Å². The maximum absolute atomic E-state index is 5.54. The molecule has 0 aromatic heterocycles. The fraction of sp³-hybridized carbons (Fsp3) is 1.00. The lowest BCUT2D eigenvalue weighted by atomic mass is 9.91. The van der Waals surface area contributed by atoms with Gasteiger partial charge in [0.1, 0.15) is 0 Å². The van der Waals surface area contributed by atoms with Crippen LogP contribution in [0.4, 0.5) is 0 Å². The molecule has 2 heteroatoms. The molecule has 1 aliphatic rings. The van der Waals surface area contributed by atoms with Crippen LogP contribution in [0.15, 0.2) is 0 Å². The van der Waals surface area contributed by atoms with Gasteiger partial charge in [-0.2, -0.15) is 0 Å². The monoisotopic (exact) mass is 198 g/mol. The van der Waals surface area contributed by atoms with Gasteiger partial charge in [-0.25, -0.2) is 0 Å². The van der Waals surface area contributed by atoms with Gasteiger partial charge in [0.15, 0.2) is 0 Å². The van der Waals surface area contributed by atoms with Crippen LogP contribution in [0.25, 0.3) is 0 Å². The summed E-state index contributed by atoms with van der Waals surface area (Å²) in [4.78, 5) is 2.51. The van der Waals surface area contributed by atoms with Crippen LogP contribution in [0.1, 0.15) is 40.0 Å². The lowest BCUT2D eigenvalue weighted by molar-refractivity contribution is 0.199. The van der Waals surface area contributed by atoms with Gasteiger partial charge in [0.2, 0.25) is 0 Å². The highest BCUT2D eigenvalue weighted by molar-refractivity contribution is 4.91. The second-order valence-electron chi connectivity index (χ2n) is 5.74. The molecule has 1 rings (SSSR count). The standard InChI is InChI=1S/C12H26N2/c1-10-8-12(2,3)9-11(10)14(4)7-5-6-13/h10-11H,5-9,13H2,1-4H3. The minimum absolute atomic E-state index is 0.543. The highest BCUT2D eigenvalue weighted by Crippen LogP contribution is 2.42. The normalized spacial score (nSPS) is 31.3. The molecule has 2 nitrogen and oxygen atoms in total. The minimum Gasteiger partial charge on any atom is -0.330 e. The first-order chi connectivity index (χ1) is 6.46. The van der Waals surface area contributed by atoms with E-state index in [1.54, 1.807) is 0 Å². The van der Waals surface area contributed by atoms with E-state index in [-0.39, 0.29) is 0 Å². The van der Waals surface area contributed by atoms with Gasteiger partial charge in [-0.05, 0) is 50.7 Å². The Morgan fingerprint density at radius 3 is 2.43 bits per heavy atom. The molecular formula is C12H26N2. The third-order valence-corrected chi connectivity index (χ3v) is 3.57. The molecule has 0 saturated heterocycles. The average Bonchev–Trinajstić information content (AvgIpc) is 2.35. The maximum Gasteiger partial charge on any atom is 0.0123 e. The van der Waals surface area contributed by atoms with Gasteiger partial charge >= 0.3 is 0 Å². The summed E-state index contributed by atoms with van der Waals surface area (Å²) in [6, 6.07) is 0.775. The molecule has 1 aliphatic carbocycles. The van der Waals surface area contributed by atoms with Gasteiger partial charge in [-0.1, -0.05) is 20.8 Å². The number of nitrogens with two attached hydrogens (primary N) is 1. The summed E-state index contributed by atoms with van der Waals surface area (Å²) >= 11 is 0. The molecule has 2 N–H and O–H groups in total. The molecule has 14 heavy (non-hydrogen) atoms. The molecule has 0 aromatic rings. The predicted octanol–water partition coefficient (Wildman–Crippen LogP) is 2.09. The summed E-state index contributed by atoms with van der Waals surface area (Å²) in [6.45, 7) is 9.13. The predicted molar refractivity (Wildman–Crippen MR) is 62.3 cm³/mol. The smallest absolute Gasteiger partial charge is 0.0123 e. The highest BCUT2D eigenvalue weighted by Gasteiger charge is 2.38. The first-order valence-corrected chi connectivity index (χ1v) is 5.86. The van der Waals surface area contributed by atoms with Crippen LogP contribution in [-0.4, -0.2) is 31.1 Å². The van der Waals surface area contributed by atoms with Crippen LogP contribution in [-0.2, 0) is 0 Å². The third-order valence-electron chi connectivity index (χ3n) is 3.57. The van der Waals surface area contributed by atoms with Gasteiger partial charge < -0.3 is 10.6 Å². The Balaban J connectivity index is 2.44. The summed E-state index contributed by atoms with van der Waals surface area (Å²) < 4.78 is 0. The second kappa shape index (κ2) is 4.63. The van der Waals surface area contributed by atoms with Crippen molar-refractivity contribution in [2.24, 2.45) is 17.1 Å². The summed E-state index contributed by atoms with van der Waals surface area (Å²) in [6.07, 6.45) is 3.83. The van der Waals surface area contributed by atoms with Gasteiger partial charge in [-0.15, -0.1) is 0 Å². The number of nitrogens with zero attached hydrogens (tertiary/aromatic N) is 1. The molecule has 1 fully saturated rings. The van der Waals surface area contributed by atoms with E-state index in [2.05, 4.69) is 32.7 Å². The molecule has 0 bridgehead atoms. The van der Waals surface area contributed by atoms with E-state index in [1.165, 1.54) is 12.8 Å². The van der Waals surface area contributed by atoms with Crippen molar-refractivity contribution in [1.29, 1.82) is 0 Å². The quantitative estimate of drug-likeness (QED) is 0.749. The topological polar surface area (TPSA) is 29.3 Å². The number of hydrogen-bond donors (Lipinski definition) is 1. The van der Waals surface area contributed by atoms with Crippen molar-refractivity contribution in [1.82, 2.24) is 4.90 Å². The van der Waals surface area contributed by atoms with Crippen LogP contribution in [0, 0.1) is 11.3 Å². The number of rotatable bonds is 4. The zero-order chi connectivity index (χ0) is 10.8. The SMILES string of the molecule is CC1CC(C)(C)CC1N(C)CCCN. The van der Waals surface area contributed by atoms with Crippen molar-refractivity contribution < 1.29 is 0 Å². The Morgan fingerprint density at radius 2 is 2.00 bits per heavy atom. The molecule has 0 amide bonds. The molecule has 0 aromatic carbocycles. The van der Waals surface area contributed by atoms with Crippen LogP contribution < -0.4 is 5.73 Å². The Labute approximate surface area is 88.8 Å². The van der Waals surface area contributed by atoms with Gasteiger partial charge in [-0.3, -0.25) is 0 Å². The Kier molecular flexibility index (Phi) is 3.96. The molecule has 84 valence electrons. The van der Waals surface area contributed by atoms with Gasteiger partial charge in [0.05, 0.1) is 0 Å². The number of hydrogen-bond acceptors (Lipinski definition) is 2. The van der Waals surface area contributed by atoms with Crippen molar-refractivity contribution in [2.75, 3.05) is 20.1 Å². The molecule has 2 unspecified atom stereocenters. The molecule has 2 atom stereocenters. The average molecular weight is 198 g/mol. The molecule has 0 spiro atoms. The summed E-state index contributed by atoms with van der Waals surface area (Å²) in [5.74, 6) is 0.841. The fourth-order valence-corrected chi connectivity index (χ4v) is 2.96. The summed E-state index contributed by atoms with van der Waals surface area (Å²) in [7, 11) is 2.25. The van der Waals surface area contributed by atoms with E-state index in [0.717, 1.165) is 31.5 Å². The largest absolute Gasteiger partial charge is 0.330 e. The molecule has 0 radical (unpaired) electrons. The first kappa shape index (κ1) is 12.0. The van der Waals surface area contributed by atoms with Crippen LogP contribution in [0.3, 0.4) is 0 Å². The van der Waals surface area contributed by atoms with Crippen molar-refractivity contribution in [3.05, 3.63) is 0 Å². The molecule has 0 aliphatic heterocycles. The van der Waals surface area contributed by atoms with Crippen LogP contribution in [0.5, 0.6) is 0 Å². The van der Waals surface area contributed by atoms with Crippen molar-refractivity contribution in [3.8, 4) is 0 Å². The maximum atomic E-state index is 5.54. The zero-order valence-electron chi connectivity index (χ0n) is 10.2. The Bertz CT molecular complexity index is 177. The Hall–Kier alpha value is -0.0800. The van der Waals surface area contributed by atoms with Crippen molar-refractivity contribution in [2.45, 2.75) is 46.1 Å². The van der Waals surface area contributed by atoms with Gasteiger partial charge in [0.25, 0.3) is 0 Å². The summed E-state index contributed by atoms with van der Waals surface area (Å²) in [5, 5.41) is 0. The van der Waals surface area contributed by atoms with Crippen LogP contribution >= 0.6 is 0 Å². The van der Waals surface area contributed by atoms with E-state index in [0.29, 0.717) is 5.41 Å². The van der Waals surface area contributed by atoms with E-state index >= 15 is 0 Å². The minimum atomic E-state index is 0.543. The third kappa shape index (κ3) is 2.96. The molecule has 0 heterocycles. The van der Waals surface area contributed by atoms with E-state index in [1.807, 2.05) is 0 Å². The van der Waals surface area contributed by atoms with Crippen molar-refractivity contribution >= 4 is 0 Å². The summed E-state index contributed by atoms with van der Waals surface area (Å²) in [5.41, 5.74) is 6.08. The lowest BCUT2D eigenvalue weighted by Gasteiger charge is -2.28. The lowest BCUT2D eigenvalue weighted by Crippen LogP contribution is -2.35. The zero-order valence-corrected chi connectivity index (χ0v) is 10.2. The molecular weight excluding hydrogens is 172 g/mol.